The van der Waals surface area contributed by atoms with E-state index >= 15 is 0 Å². The van der Waals surface area contributed by atoms with Crippen LogP contribution in [0.3, 0.4) is 0 Å². The molecule has 2 aromatic carbocycles. The number of benzene rings is 2. The number of nitro groups is 1. The highest BCUT2D eigenvalue weighted by Crippen LogP contribution is 2.31. The van der Waals surface area contributed by atoms with Gasteiger partial charge in [-0.3, -0.25) is 14.9 Å². The predicted molar refractivity (Wildman–Crippen MR) is 142 cm³/mol. The molecule has 0 aromatic heterocycles. The Balaban J connectivity index is 1.91. The second kappa shape index (κ2) is 15.4. The Labute approximate surface area is 226 Å². The normalized spacial score (nSPS) is 15.4. The Hall–Kier alpha value is -4.00. The summed E-state index contributed by atoms with van der Waals surface area (Å²) < 4.78 is 32.2. The molecular formula is C27H32N2O10. The number of nitro benzene ring substituents is 1. The summed E-state index contributed by atoms with van der Waals surface area (Å²) in [5.74, 6) is -0.588. The van der Waals surface area contributed by atoms with Crippen molar-refractivity contribution in [2.45, 2.75) is 0 Å². The Morgan fingerprint density at radius 3 is 2.28 bits per heavy atom. The average molecular weight is 545 g/mol. The van der Waals surface area contributed by atoms with Gasteiger partial charge in [-0.1, -0.05) is 12.1 Å². The van der Waals surface area contributed by atoms with Gasteiger partial charge in [-0.05, 0) is 35.9 Å². The molecule has 12 heteroatoms. The summed E-state index contributed by atoms with van der Waals surface area (Å²) in [7, 11) is 2.53. The minimum absolute atomic E-state index is 0.0167. The van der Waals surface area contributed by atoms with E-state index in [0.29, 0.717) is 68.7 Å². The zero-order valence-corrected chi connectivity index (χ0v) is 22.0. The van der Waals surface area contributed by atoms with Gasteiger partial charge in [0.1, 0.15) is 18.9 Å². The predicted octanol–water partition coefficient (Wildman–Crippen LogP) is 2.97. The summed E-state index contributed by atoms with van der Waals surface area (Å²) in [6.07, 6.45) is 3.28. The number of nitrogens with zero attached hydrogens (tertiary/aromatic N) is 2. The van der Waals surface area contributed by atoms with Crippen molar-refractivity contribution < 1.29 is 42.9 Å². The maximum Gasteiger partial charge on any atom is 0.338 e. The molecule has 1 aliphatic heterocycles. The number of carbonyl (C=O) groups is 2. The van der Waals surface area contributed by atoms with Crippen LogP contribution in [0.15, 0.2) is 36.4 Å². The number of methoxy groups -OCH3 is 2. The Morgan fingerprint density at radius 2 is 1.62 bits per heavy atom. The summed E-state index contributed by atoms with van der Waals surface area (Å²) in [5.41, 5.74) is 1.51. The smallest absolute Gasteiger partial charge is 0.338 e. The van der Waals surface area contributed by atoms with E-state index in [4.69, 9.17) is 23.7 Å². The highest BCUT2D eigenvalue weighted by atomic mass is 16.6. The molecule has 0 spiro atoms. The fraction of sp³-hybridized carbons (Fsp3) is 0.407. The molecular weight excluding hydrogens is 512 g/mol. The van der Waals surface area contributed by atoms with E-state index in [1.807, 2.05) is 0 Å². The molecule has 12 nitrogen and oxygen atoms in total. The first-order chi connectivity index (χ1) is 18.9. The molecule has 0 N–H and O–H groups in total. The number of fused-ring (bicyclic) bond motifs is 1. The third-order valence-electron chi connectivity index (χ3n) is 5.71. The number of ether oxygens (including phenoxy) is 6. The lowest BCUT2D eigenvalue weighted by Gasteiger charge is -2.26. The van der Waals surface area contributed by atoms with Crippen LogP contribution in [-0.4, -0.2) is 90.4 Å². The highest BCUT2D eigenvalue weighted by molar-refractivity contribution is 5.91. The van der Waals surface area contributed by atoms with Crippen molar-refractivity contribution >= 4 is 35.5 Å². The minimum Gasteiger partial charge on any atom is -0.489 e. The zero-order chi connectivity index (χ0) is 28.0. The van der Waals surface area contributed by atoms with E-state index in [0.717, 1.165) is 0 Å². The summed E-state index contributed by atoms with van der Waals surface area (Å²) >= 11 is 0. The molecule has 0 unspecified atom stereocenters. The van der Waals surface area contributed by atoms with Crippen LogP contribution < -0.4 is 9.64 Å². The Morgan fingerprint density at radius 1 is 0.923 bits per heavy atom. The van der Waals surface area contributed by atoms with Gasteiger partial charge in [0.15, 0.2) is 0 Å². The summed E-state index contributed by atoms with van der Waals surface area (Å²) in [4.78, 5) is 36.8. The van der Waals surface area contributed by atoms with E-state index in [-0.39, 0.29) is 24.4 Å². The molecule has 0 atom stereocenters. The van der Waals surface area contributed by atoms with Crippen LogP contribution in [0.2, 0.25) is 0 Å². The van der Waals surface area contributed by atoms with Gasteiger partial charge < -0.3 is 33.3 Å². The van der Waals surface area contributed by atoms with Crippen LogP contribution in [-0.2, 0) is 28.5 Å². The molecule has 0 amide bonds. The molecule has 2 aromatic rings. The number of esters is 2. The van der Waals surface area contributed by atoms with Gasteiger partial charge in [-0.15, -0.1) is 0 Å². The SMILES string of the molecule is COC(=O)CN1CCOCCOCCOCCOc2cc(/C=C/c3ccc(C(=O)OC)cc3[N+](=O)[O-])ccc21. The topological polar surface area (TPSA) is 136 Å². The van der Waals surface area contributed by atoms with Crippen molar-refractivity contribution in [3.05, 3.63) is 63.2 Å². The second-order valence-electron chi connectivity index (χ2n) is 8.27. The van der Waals surface area contributed by atoms with E-state index in [2.05, 4.69) is 4.74 Å². The van der Waals surface area contributed by atoms with Crippen molar-refractivity contribution in [1.29, 1.82) is 0 Å². The van der Waals surface area contributed by atoms with Crippen LogP contribution in [0.5, 0.6) is 5.75 Å². The molecule has 210 valence electrons. The Kier molecular flexibility index (Phi) is 11.7. The molecule has 0 bridgehead atoms. The van der Waals surface area contributed by atoms with Crippen LogP contribution in [0.1, 0.15) is 21.5 Å². The van der Waals surface area contributed by atoms with Gasteiger partial charge in [0.05, 0.1) is 75.6 Å². The molecule has 3 rings (SSSR count). The fourth-order valence-electron chi connectivity index (χ4n) is 3.72. The largest absolute Gasteiger partial charge is 0.489 e. The van der Waals surface area contributed by atoms with Crippen LogP contribution in [0.4, 0.5) is 11.4 Å². The van der Waals surface area contributed by atoms with E-state index in [1.165, 1.54) is 32.4 Å². The highest BCUT2D eigenvalue weighted by Gasteiger charge is 2.19. The molecule has 0 saturated heterocycles. The minimum atomic E-state index is -0.661. The third-order valence-corrected chi connectivity index (χ3v) is 5.71. The zero-order valence-electron chi connectivity index (χ0n) is 22.0. The lowest BCUT2D eigenvalue weighted by Crippen LogP contribution is -2.34. The molecule has 0 saturated carbocycles. The summed E-state index contributed by atoms with van der Waals surface area (Å²) in [6.45, 7) is 3.02. The van der Waals surface area contributed by atoms with E-state index < -0.39 is 16.9 Å². The first kappa shape index (κ1) is 29.6. The van der Waals surface area contributed by atoms with Crippen LogP contribution in [0, 0.1) is 10.1 Å². The van der Waals surface area contributed by atoms with Gasteiger partial charge >= 0.3 is 11.9 Å². The van der Waals surface area contributed by atoms with Crippen molar-refractivity contribution in [2.75, 3.05) is 78.5 Å². The number of anilines is 1. The maximum atomic E-state index is 12.1. The molecule has 1 heterocycles. The van der Waals surface area contributed by atoms with Gasteiger partial charge in [-0.25, -0.2) is 4.79 Å². The molecule has 39 heavy (non-hydrogen) atoms. The van der Waals surface area contributed by atoms with Crippen molar-refractivity contribution in [1.82, 2.24) is 0 Å². The lowest BCUT2D eigenvalue weighted by molar-refractivity contribution is -0.385. The monoisotopic (exact) mass is 544 g/mol. The van der Waals surface area contributed by atoms with Gasteiger partial charge in [-0.2, -0.15) is 0 Å². The molecule has 0 fully saturated rings. The first-order valence-corrected chi connectivity index (χ1v) is 12.3. The molecule has 0 radical (unpaired) electrons. The number of hydrogen-bond acceptors (Lipinski definition) is 11. The first-order valence-electron chi connectivity index (χ1n) is 12.3. The van der Waals surface area contributed by atoms with Gasteiger partial charge in [0.25, 0.3) is 5.69 Å². The third kappa shape index (κ3) is 9.06. The van der Waals surface area contributed by atoms with Crippen molar-refractivity contribution in [3.8, 4) is 5.75 Å². The summed E-state index contributed by atoms with van der Waals surface area (Å²) in [6, 6.07) is 9.50. The lowest BCUT2D eigenvalue weighted by atomic mass is 10.1. The van der Waals surface area contributed by atoms with Crippen molar-refractivity contribution in [3.63, 3.8) is 0 Å². The van der Waals surface area contributed by atoms with Crippen LogP contribution >= 0.6 is 0 Å². The summed E-state index contributed by atoms with van der Waals surface area (Å²) in [5, 5.41) is 11.6. The number of carbonyl (C=O) groups excluding carboxylic acids is 2. The van der Waals surface area contributed by atoms with E-state index in [1.54, 1.807) is 35.3 Å². The van der Waals surface area contributed by atoms with Gasteiger partial charge in [0.2, 0.25) is 0 Å². The quantitative estimate of drug-likeness (QED) is 0.230. The Bertz CT molecular complexity index is 1170. The van der Waals surface area contributed by atoms with Crippen molar-refractivity contribution in [2.24, 2.45) is 0 Å². The number of hydrogen-bond donors (Lipinski definition) is 0. The average Bonchev–Trinajstić information content (AvgIpc) is 2.95. The second-order valence-corrected chi connectivity index (χ2v) is 8.27. The fourth-order valence-corrected chi connectivity index (χ4v) is 3.72. The van der Waals surface area contributed by atoms with Crippen LogP contribution in [0.25, 0.3) is 12.2 Å². The molecule has 0 aliphatic carbocycles. The maximum absolute atomic E-state index is 12.1. The van der Waals surface area contributed by atoms with Gasteiger partial charge in [0, 0.05) is 12.6 Å². The number of rotatable bonds is 6. The molecule has 1 aliphatic rings. The standard InChI is InChI=1S/C27H32N2O10/c1-34-26(30)19-28-9-10-36-11-12-37-13-14-38-15-16-39-25-17-20(4-8-23(25)28)3-5-21-6-7-22(27(31)35-2)18-24(21)29(32)33/h3-8,17-18H,9-16,19H2,1-2H3/b5-3+. The van der Waals surface area contributed by atoms with E-state index in [9.17, 15) is 19.7 Å².